The normalized spacial score (nSPS) is 14.8. The van der Waals surface area contributed by atoms with E-state index < -0.39 is 22.0 Å². The molecule has 0 radical (unpaired) electrons. The maximum Gasteiger partial charge on any atom is 0.244 e. The van der Waals surface area contributed by atoms with Gasteiger partial charge in [0.2, 0.25) is 15.9 Å². The molecule has 9 nitrogen and oxygen atoms in total. The molecular formula is C17H21N3O6S. The molecule has 0 bridgehead atoms. The summed E-state index contributed by atoms with van der Waals surface area (Å²) in [6.07, 6.45) is 0. The number of carbonyl (C=O) groups is 1. The number of aromatic nitrogens is 1. The first-order valence-corrected chi connectivity index (χ1v) is 9.91. The molecule has 0 fully saturated rings. The average Bonchev–Trinajstić information content (AvgIpc) is 3.03. The summed E-state index contributed by atoms with van der Waals surface area (Å²) < 4.78 is 43.7. The lowest BCUT2D eigenvalue weighted by Gasteiger charge is -2.22. The predicted octanol–water partition coefficient (Wildman–Crippen LogP) is 1.70. The second kappa shape index (κ2) is 7.57. The van der Waals surface area contributed by atoms with Crippen LogP contribution in [0, 0.1) is 12.8 Å². The Hall–Kier alpha value is -2.59. The molecule has 0 unspecified atom stereocenters. The third-order valence-electron chi connectivity index (χ3n) is 3.93. The Balaban J connectivity index is 1.79. The second-order valence-corrected chi connectivity index (χ2v) is 8.17. The number of amides is 1. The van der Waals surface area contributed by atoms with Crippen LogP contribution in [0.1, 0.15) is 19.6 Å². The van der Waals surface area contributed by atoms with Gasteiger partial charge in [0, 0.05) is 12.1 Å². The number of nitrogens with zero attached hydrogens (tertiary/aromatic N) is 1. The fourth-order valence-electron chi connectivity index (χ4n) is 2.55. The quantitative estimate of drug-likeness (QED) is 0.764. The van der Waals surface area contributed by atoms with Crippen LogP contribution < -0.4 is 19.5 Å². The molecule has 0 saturated carbocycles. The predicted molar refractivity (Wildman–Crippen MR) is 96.2 cm³/mol. The summed E-state index contributed by atoms with van der Waals surface area (Å²) >= 11 is 0. The van der Waals surface area contributed by atoms with Crippen LogP contribution in [0.25, 0.3) is 0 Å². The van der Waals surface area contributed by atoms with Crippen molar-refractivity contribution >= 4 is 21.7 Å². The van der Waals surface area contributed by atoms with E-state index in [2.05, 4.69) is 15.2 Å². The number of rotatable bonds is 6. The summed E-state index contributed by atoms with van der Waals surface area (Å²) in [7, 11) is -3.96. The number of hydrogen-bond acceptors (Lipinski definition) is 7. The minimum atomic E-state index is -3.96. The first-order chi connectivity index (χ1) is 12.8. The van der Waals surface area contributed by atoms with E-state index in [1.54, 1.807) is 26.8 Å². The van der Waals surface area contributed by atoms with Crippen molar-refractivity contribution in [2.75, 3.05) is 18.5 Å². The fourth-order valence-corrected chi connectivity index (χ4v) is 3.91. The molecule has 1 aromatic carbocycles. The van der Waals surface area contributed by atoms with Gasteiger partial charge in [-0.25, -0.2) is 8.42 Å². The van der Waals surface area contributed by atoms with Crippen LogP contribution in [-0.4, -0.2) is 38.7 Å². The molecule has 1 aliphatic heterocycles. The highest BCUT2D eigenvalue weighted by atomic mass is 32.2. The van der Waals surface area contributed by atoms with Crippen molar-refractivity contribution in [1.29, 1.82) is 0 Å². The number of benzene rings is 1. The molecule has 1 amide bonds. The third-order valence-corrected chi connectivity index (χ3v) is 5.37. The van der Waals surface area contributed by atoms with Crippen LogP contribution in [0.3, 0.4) is 0 Å². The van der Waals surface area contributed by atoms with Gasteiger partial charge in [-0.2, -0.15) is 4.72 Å². The molecule has 0 spiro atoms. The number of ether oxygens (including phenoxy) is 2. The van der Waals surface area contributed by atoms with Gasteiger partial charge >= 0.3 is 0 Å². The van der Waals surface area contributed by atoms with Gasteiger partial charge in [0.05, 0.1) is 4.90 Å². The molecule has 2 heterocycles. The third kappa shape index (κ3) is 4.40. The van der Waals surface area contributed by atoms with Crippen molar-refractivity contribution < 1.29 is 27.2 Å². The largest absolute Gasteiger partial charge is 0.486 e. The van der Waals surface area contributed by atoms with Crippen LogP contribution in [0.5, 0.6) is 11.5 Å². The van der Waals surface area contributed by atoms with Crippen LogP contribution in [0.15, 0.2) is 33.7 Å². The standard InChI is InChI=1S/C17H21N3O6S/c1-10(2)16(17(21)18-15-8-11(3)26-19-15)20-27(22,23)12-4-5-13-14(9-12)25-7-6-24-13/h4-5,8-10,16,20H,6-7H2,1-3H3,(H,18,19,21)/t16-/m0/s1. The van der Waals surface area contributed by atoms with Crippen molar-refractivity contribution in [2.24, 2.45) is 5.92 Å². The van der Waals surface area contributed by atoms with E-state index in [-0.39, 0.29) is 16.6 Å². The zero-order chi connectivity index (χ0) is 19.6. The Bertz CT molecular complexity index is 938. The number of aryl methyl sites for hydroxylation is 1. The van der Waals surface area contributed by atoms with Crippen molar-refractivity contribution in [3.8, 4) is 11.5 Å². The van der Waals surface area contributed by atoms with Crippen LogP contribution in [0.2, 0.25) is 0 Å². The first-order valence-electron chi connectivity index (χ1n) is 8.42. The average molecular weight is 395 g/mol. The Morgan fingerprint density at radius 3 is 2.48 bits per heavy atom. The molecular weight excluding hydrogens is 374 g/mol. The topological polar surface area (TPSA) is 120 Å². The fraction of sp³-hybridized carbons (Fsp3) is 0.412. The van der Waals surface area contributed by atoms with Crippen molar-refractivity contribution in [2.45, 2.75) is 31.7 Å². The molecule has 1 atom stereocenters. The first kappa shape index (κ1) is 19.2. The van der Waals surface area contributed by atoms with Gasteiger partial charge < -0.3 is 19.3 Å². The van der Waals surface area contributed by atoms with Crippen LogP contribution in [0.4, 0.5) is 5.82 Å². The molecule has 146 valence electrons. The van der Waals surface area contributed by atoms with Gasteiger partial charge in [0.25, 0.3) is 0 Å². The SMILES string of the molecule is Cc1cc(NC(=O)[C@@H](NS(=O)(=O)c2ccc3c(c2)OCCO3)C(C)C)no1. The highest BCUT2D eigenvalue weighted by Crippen LogP contribution is 2.32. The van der Waals surface area contributed by atoms with Gasteiger partial charge in [0.15, 0.2) is 17.3 Å². The minimum absolute atomic E-state index is 0.0116. The van der Waals surface area contributed by atoms with E-state index in [1.165, 1.54) is 18.2 Å². The summed E-state index contributed by atoms with van der Waals surface area (Å²) in [5.74, 6) is 0.766. The monoisotopic (exact) mass is 395 g/mol. The number of sulfonamides is 1. The lowest BCUT2D eigenvalue weighted by atomic mass is 10.1. The number of carbonyl (C=O) groups excluding carboxylic acids is 1. The molecule has 1 aromatic heterocycles. The minimum Gasteiger partial charge on any atom is -0.486 e. The van der Waals surface area contributed by atoms with Crippen LogP contribution in [-0.2, 0) is 14.8 Å². The Labute approximate surface area is 157 Å². The molecule has 10 heteroatoms. The number of nitrogens with one attached hydrogen (secondary N) is 2. The Kier molecular flexibility index (Phi) is 5.38. The van der Waals surface area contributed by atoms with E-state index >= 15 is 0 Å². The zero-order valence-corrected chi connectivity index (χ0v) is 16.0. The lowest BCUT2D eigenvalue weighted by molar-refractivity contribution is -0.118. The van der Waals surface area contributed by atoms with Gasteiger partial charge in [-0.3, -0.25) is 4.79 Å². The van der Waals surface area contributed by atoms with Crippen molar-refractivity contribution in [3.05, 3.63) is 30.0 Å². The zero-order valence-electron chi connectivity index (χ0n) is 15.2. The summed E-state index contributed by atoms with van der Waals surface area (Å²) in [6, 6.07) is 4.87. The summed E-state index contributed by atoms with van der Waals surface area (Å²) in [5, 5.41) is 6.24. The van der Waals surface area contributed by atoms with E-state index in [1.807, 2.05) is 0 Å². The molecule has 3 rings (SSSR count). The summed E-state index contributed by atoms with van der Waals surface area (Å²) in [4.78, 5) is 12.5. The molecule has 0 saturated heterocycles. The van der Waals surface area contributed by atoms with E-state index in [9.17, 15) is 13.2 Å². The second-order valence-electron chi connectivity index (χ2n) is 6.46. The van der Waals surface area contributed by atoms with Gasteiger partial charge in [-0.05, 0) is 25.0 Å². The number of anilines is 1. The molecule has 0 aliphatic carbocycles. The maximum atomic E-state index is 12.8. The number of fused-ring (bicyclic) bond motifs is 1. The highest BCUT2D eigenvalue weighted by molar-refractivity contribution is 7.89. The Morgan fingerprint density at radius 2 is 1.85 bits per heavy atom. The van der Waals surface area contributed by atoms with Gasteiger partial charge in [-0.1, -0.05) is 19.0 Å². The van der Waals surface area contributed by atoms with Crippen molar-refractivity contribution in [1.82, 2.24) is 9.88 Å². The Morgan fingerprint density at radius 1 is 1.15 bits per heavy atom. The molecule has 1 aliphatic rings. The lowest BCUT2D eigenvalue weighted by Crippen LogP contribution is -2.47. The highest BCUT2D eigenvalue weighted by Gasteiger charge is 2.30. The summed E-state index contributed by atoms with van der Waals surface area (Å²) in [5.41, 5.74) is 0. The molecule has 27 heavy (non-hydrogen) atoms. The van der Waals surface area contributed by atoms with E-state index in [0.717, 1.165) is 0 Å². The molecule has 2 aromatic rings. The van der Waals surface area contributed by atoms with E-state index in [4.69, 9.17) is 14.0 Å². The van der Waals surface area contributed by atoms with Gasteiger partial charge in [-0.15, -0.1) is 0 Å². The van der Waals surface area contributed by atoms with Crippen molar-refractivity contribution in [3.63, 3.8) is 0 Å². The van der Waals surface area contributed by atoms with Gasteiger partial charge in [0.1, 0.15) is 25.0 Å². The van der Waals surface area contributed by atoms with E-state index in [0.29, 0.717) is 30.5 Å². The maximum absolute atomic E-state index is 12.8. The number of hydrogen-bond donors (Lipinski definition) is 2. The molecule has 2 N–H and O–H groups in total. The summed E-state index contributed by atoms with van der Waals surface area (Å²) in [6.45, 7) is 5.93. The smallest absolute Gasteiger partial charge is 0.244 e. The van der Waals surface area contributed by atoms with Crippen LogP contribution >= 0.6 is 0 Å².